The Morgan fingerprint density at radius 2 is 1.72 bits per heavy atom. The molecule has 0 saturated carbocycles. The van der Waals surface area contributed by atoms with Crippen molar-refractivity contribution >= 4 is 23.8 Å². The van der Waals surface area contributed by atoms with E-state index < -0.39 is 18.3 Å². The van der Waals surface area contributed by atoms with Crippen molar-refractivity contribution in [2.75, 3.05) is 18.9 Å². The molecule has 0 bridgehead atoms. The molecular weight excluding hydrogens is 606 g/mol. The lowest BCUT2D eigenvalue weighted by atomic mass is 9.99. The number of rotatable bonds is 12. The predicted octanol–water partition coefficient (Wildman–Crippen LogP) is 5.18. The highest BCUT2D eigenvalue weighted by Crippen LogP contribution is 2.39. The fourth-order valence-corrected chi connectivity index (χ4v) is 5.96. The summed E-state index contributed by atoms with van der Waals surface area (Å²) in [5.41, 5.74) is 5.56. The van der Waals surface area contributed by atoms with Crippen LogP contribution in [-0.2, 0) is 32.2 Å². The predicted molar refractivity (Wildman–Crippen MR) is 173 cm³/mol. The van der Waals surface area contributed by atoms with Gasteiger partial charge in [-0.05, 0) is 46.9 Å². The molecule has 1 aliphatic rings. The summed E-state index contributed by atoms with van der Waals surface area (Å²) in [5.74, 6) is 0.0924. The molecule has 3 aromatic carbocycles. The van der Waals surface area contributed by atoms with Crippen molar-refractivity contribution in [1.82, 2.24) is 10.6 Å². The summed E-state index contributed by atoms with van der Waals surface area (Å²) in [6.45, 7) is 2.04. The number of thioether (sulfide) groups is 1. The minimum atomic E-state index is -0.616. The summed E-state index contributed by atoms with van der Waals surface area (Å²) in [7, 11) is 0. The summed E-state index contributed by atoms with van der Waals surface area (Å²) in [4.78, 5) is 23.5. The van der Waals surface area contributed by atoms with Crippen molar-refractivity contribution in [2.45, 2.75) is 50.0 Å². The number of urea groups is 1. The second-order valence-corrected chi connectivity index (χ2v) is 11.7. The first kappa shape index (κ1) is 33.0. The van der Waals surface area contributed by atoms with E-state index in [2.05, 4.69) is 10.6 Å². The zero-order chi connectivity index (χ0) is 32.3. The van der Waals surface area contributed by atoms with E-state index in [1.807, 2.05) is 78.9 Å². The summed E-state index contributed by atoms with van der Waals surface area (Å²) in [5, 5.41) is 27.5. The van der Waals surface area contributed by atoms with Gasteiger partial charge in [-0.3, -0.25) is 4.79 Å². The minimum Gasteiger partial charge on any atom is -0.618 e. The summed E-state index contributed by atoms with van der Waals surface area (Å²) in [6, 6.07) is 28.5. The third-order valence-corrected chi connectivity index (χ3v) is 8.57. The van der Waals surface area contributed by atoms with Gasteiger partial charge in [0.2, 0.25) is 0 Å². The maximum atomic E-state index is 12.2. The van der Waals surface area contributed by atoms with Crippen molar-refractivity contribution in [1.29, 1.82) is 0 Å². The Morgan fingerprint density at radius 3 is 2.46 bits per heavy atom. The Kier molecular flexibility index (Phi) is 11.6. The van der Waals surface area contributed by atoms with Gasteiger partial charge in [-0.25, -0.2) is 4.79 Å². The maximum absolute atomic E-state index is 12.2. The van der Waals surface area contributed by atoms with E-state index in [0.29, 0.717) is 23.7 Å². The van der Waals surface area contributed by atoms with Crippen LogP contribution >= 0.6 is 11.8 Å². The van der Waals surface area contributed by atoms with E-state index in [1.165, 1.54) is 18.0 Å². The zero-order valence-electron chi connectivity index (χ0n) is 25.5. The first-order chi connectivity index (χ1) is 22.4. The van der Waals surface area contributed by atoms with Crippen LogP contribution in [0.3, 0.4) is 0 Å². The van der Waals surface area contributed by atoms with Crippen LogP contribution in [0.5, 0.6) is 0 Å². The van der Waals surface area contributed by atoms with E-state index in [1.54, 1.807) is 19.1 Å². The maximum Gasteiger partial charge on any atom is 0.325 e. The third-order valence-electron chi connectivity index (χ3n) is 7.42. The Balaban J connectivity index is 1.26. The van der Waals surface area contributed by atoms with Gasteiger partial charge >= 0.3 is 12.0 Å². The van der Waals surface area contributed by atoms with Crippen molar-refractivity contribution < 1.29 is 33.6 Å². The van der Waals surface area contributed by atoms with Gasteiger partial charge in [-0.2, -0.15) is 4.73 Å². The minimum absolute atomic E-state index is 0.0265. The lowest BCUT2D eigenvalue weighted by Gasteiger charge is -2.36. The molecule has 2 amide bonds. The molecule has 0 radical (unpaired) electrons. The third kappa shape index (κ3) is 9.07. The molecule has 1 saturated heterocycles. The van der Waals surface area contributed by atoms with Crippen LogP contribution < -0.4 is 15.4 Å². The Bertz CT molecular complexity index is 1600. The average Bonchev–Trinajstić information content (AvgIpc) is 3.10. The van der Waals surface area contributed by atoms with Crippen molar-refractivity contribution in [3.8, 4) is 11.1 Å². The Morgan fingerprint density at radius 1 is 0.935 bits per heavy atom. The van der Waals surface area contributed by atoms with E-state index in [9.17, 15) is 19.9 Å². The number of amides is 2. The molecule has 0 spiro atoms. The number of pyridine rings is 1. The molecule has 2 heterocycles. The molecular formula is C35H37N3O7S. The van der Waals surface area contributed by atoms with Gasteiger partial charge in [-0.1, -0.05) is 78.5 Å². The molecule has 0 unspecified atom stereocenters. The van der Waals surface area contributed by atoms with Gasteiger partial charge in [-0.15, -0.1) is 0 Å². The second kappa shape index (κ2) is 16.2. The normalized spacial score (nSPS) is 17.7. The number of ether oxygens (including phenoxy) is 3. The number of aliphatic hydroxyl groups is 1. The number of hydrogen-bond acceptors (Lipinski definition) is 8. The summed E-state index contributed by atoms with van der Waals surface area (Å²) < 4.78 is 18.6. The van der Waals surface area contributed by atoms with Gasteiger partial charge in [0.05, 0.1) is 25.4 Å². The quantitative estimate of drug-likeness (QED) is 0.0833. The van der Waals surface area contributed by atoms with Crippen molar-refractivity contribution in [3.63, 3.8) is 0 Å². The number of nitrogens with zero attached hydrogens (tertiary/aromatic N) is 1. The molecule has 46 heavy (non-hydrogen) atoms. The molecule has 4 aromatic rings. The number of benzene rings is 3. The van der Waals surface area contributed by atoms with E-state index in [0.717, 1.165) is 38.1 Å². The van der Waals surface area contributed by atoms with Gasteiger partial charge in [0, 0.05) is 36.4 Å². The molecule has 5 rings (SSSR count). The first-order valence-electron chi connectivity index (χ1n) is 15.1. The summed E-state index contributed by atoms with van der Waals surface area (Å²) in [6.07, 6.45) is 1.08. The highest BCUT2D eigenvalue weighted by Gasteiger charge is 2.32. The first-order valence-corrected chi connectivity index (χ1v) is 16.1. The van der Waals surface area contributed by atoms with Crippen LogP contribution in [0.15, 0.2) is 102 Å². The average molecular weight is 644 g/mol. The number of hydrogen-bond donors (Lipinski definition) is 3. The topological polar surface area (TPSA) is 133 Å². The van der Waals surface area contributed by atoms with Crippen LogP contribution in [0, 0.1) is 5.21 Å². The largest absolute Gasteiger partial charge is 0.618 e. The SMILES string of the molecule is CCOC(=O)CNC(=O)NCc1cccc(-c2ccc([C@@H]3O[C@H](CSc4cccc[n+]4[O-])C[C@H](c4ccc(CO)cc4)O3)cc2)c1. The number of carbonyl (C=O) groups is 2. The van der Waals surface area contributed by atoms with Gasteiger partial charge in [0.25, 0.3) is 5.03 Å². The Hall–Kier alpha value is -4.42. The molecule has 0 aliphatic carbocycles. The molecule has 10 nitrogen and oxygen atoms in total. The molecule has 240 valence electrons. The molecule has 3 atom stereocenters. The lowest BCUT2D eigenvalue weighted by Crippen LogP contribution is -2.38. The second-order valence-electron chi connectivity index (χ2n) is 10.7. The van der Waals surface area contributed by atoms with Gasteiger partial charge in [0.15, 0.2) is 12.5 Å². The zero-order valence-corrected chi connectivity index (χ0v) is 26.3. The number of aromatic nitrogens is 1. The molecule has 11 heteroatoms. The van der Waals surface area contributed by atoms with Gasteiger partial charge < -0.3 is 35.2 Å². The summed E-state index contributed by atoms with van der Waals surface area (Å²) >= 11 is 1.45. The van der Waals surface area contributed by atoms with Crippen LogP contribution in [0.25, 0.3) is 11.1 Å². The molecule has 1 aliphatic heterocycles. The standard InChI is InChI=1S/C35H37N3O7S/c1-2-43-33(40)21-37-35(41)36-20-25-6-5-7-29(18-25)26-13-15-28(16-14-26)34-44-30(23-46-32-8-3-4-17-38(32)42)19-31(45-34)27-11-9-24(22-39)10-12-27/h3-18,30-31,34,39H,2,19-23H2,1H3,(H2,36,37,41)/t30-,31+,34+/m0/s1. The number of esters is 1. The lowest BCUT2D eigenvalue weighted by molar-refractivity contribution is -0.645. The van der Waals surface area contributed by atoms with E-state index in [4.69, 9.17) is 14.2 Å². The fourth-order valence-electron chi connectivity index (χ4n) is 5.03. The van der Waals surface area contributed by atoms with Crippen molar-refractivity contribution in [3.05, 3.63) is 125 Å². The molecule has 3 N–H and O–H groups in total. The van der Waals surface area contributed by atoms with Crippen molar-refractivity contribution in [2.24, 2.45) is 0 Å². The fraction of sp³-hybridized carbons (Fsp3) is 0.286. The van der Waals surface area contributed by atoms with Gasteiger partial charge in [0.1, 0.15) is 6.54 Å². The van der Waals surface area contributed by atoms with Crippen LogP contribution in [-0.4, -0.2) is 42.1 Å². The number of nitrogens with one attached hydrogen (secondary N) is 2. The van der Waals surface area contributed by atoms with E-state index in [-0.39, 0.29) is 32.0 Å². The highest BCUT2D eigenvalue weighted by atomic mass is 32.2. The van der Waals surface area contributed by atoms with Crippen LogP contribution in [0.1, 0.15) is 48.0 Å². The smallest absolute Gasteiger partial charge is 0.325 e. The highest BCUT2D eigenvalue weighted by molar-refractivity contribution is 7.99. The molecule has 1 aromatic heterocycles. The monoisotopic (exact) mass is 643 g/mol. The van der Waals surface area contributed by atoms with E-state index >= 15 is 0 Å². The number of carbonyl (C=O) groups excluding carboxylic acids is 2. The van der Waals surface area contributed by atoms with Crippen LogP contribution in [0.2, 0.25) is 0 Å². The number of aliphatic hydroxyl groups excluding tert-OH is 1. The van der Waals surface area contributed by atoms with Crippen LogP contribution in [0.4, 0.5) is 4.79 Å². The molecule has 1 fully saturated rings. The Labute approximate surface area is 272 Å².